The molecule has 0 aromatic rings. The summed E-state index contributed by atoms with van der Waals surface area (Å²) in [6.45, 7) is 3.66. The summed E-state index contributed by atoms with van der Waals surface area (Å²) >= 11 is 1.23. The van der Waals surface area contributed by atoms with Gasteiger partial charge in [0.2, 0.25) is 0 Å². The van der Waals surface area contributed by atoms with E-state index in [1.165, 1.54) is 11.8 Å². The minimum atomic E-state index is -0.884. The lowest BCUT2D eigenvalue weighted by Gasteiger charge is -2.15. The summed E-state index contributed by atoms with van der Waals surface area (Å²) in [5.74, 6) is -1.74. The van der Waals surface area contributed by atoms with E-state index in [1.807, 2.05) is 6.92 Å². The zero-order valence-corrected chi connectivity index (χ0v) is 9.21. The van der Waals surface area contributed by atoms with Crippen molar-refractivity contribution in [2.45, 2.75) is 43.6 Å². The van der Waals surface area contributed by atoms with Crippen LogP contribution in [0.2, 0.25) is 0 Å². The van der Waals surface area contributed by atoms with E-state index in [-0.39, 0.29) is 11.7 Å². The molecule has 0 bridgehead atoms. The van der Waals surface area contributed by atoms with E-state index in [4.69, 9.17) is 10.2 Å². The molecule has 0 spiro atoms. The van der Waals surface area contributed by atoms with Crippen molar-refractivity contribution in [1.82, 2.24) is 0 Å². The first-order valence-electron chi connectivity index (χ1n) is 4.57. The van der Waals surface area contributed by atoms with E-state index in [0.29, 0.717) is 6.42 Å². The van der Waals surface area contributed by atoms with Crippen molar-refractivity contribution in [1.29, 1.82) is 0 Å². The number of carbonyl (C=O) groups is 2. The molecule has 2 unspecified atom stereocenters. The molecule has 5 heteroatoms. The van der Waals surface area contributed by atoms with Gasteiger partial charge in [0.1, 0.15) is 5.25 Å². The third kappa shape index (κ3) is 5.85. The SMILES string of the molecule is CCCC(SC(C)CC(=O)O)C(=O)O. The summed E-state index contributed by atoms with van der Waals surface area (Å²) in [5.41, 5.74) is 0. The van der Waals surface area contributed by atoms with Crippen LogP contribution in [-0.4, -0.2) is 32.7 Å². The predicted octanol–water partition coefficient (Wildman–Crippen LogP) is 1.84. The molecule has 0 rings (SSSR count). The Morgan fingerprint density at radius 3 is 2.29 bits per heavy atom. The molecule has 14 heavy (non-hydrogen) atoms. The summed E-state index contributed by atoms with van der Waals surface area (Å²) in [7, 11) is 0. The average Bonchev–Trinajstić information content (AvgIpc) is 2.01. The minimum absolute atomic E-state index is 0.0121. The molecule has 4 nitrogen and oxygen atoms in total. The summed E-state index contributed by atoms with van der Waals surface area (Å²) in [5, 5.41) is 16.7. The Bertz CT molecular complexity index is 205. The third-order valence-corrected chi connectivity index (χ3v) is 3.08. The number of carboxylic acids is 2. The predicted molar refractivity (Wildman–Crippen MR) is 55.6 cm³/mol. The van der Waals surface area contributed by atoms with Gasteiger partial charge in [-0.15, -0.1) is 11.8 Å². The largest absolute Gasteiger partial charge is 0.481 e. The summed E-state index contributed by atoms with van der Waals surface area (Å²) in [6.07, 6.45) is 1.39. The van der Waals surface area contributed by atoms with E-state index < -0.39 is 17.2 Å². The summed E-state index contributed by atoms with van der Waals surface area (Å²) < 4.78 is 0. The van der Waals surface area contributed by atoms with Crippen molar-refractivity contribution in [3.63, 3.8) is 0 Å². The molecule has 0 saturated heterocycles. The fraction of sp³-hybridized carbons (Fsp3) is 0.778. The second kappa shape index (κ2) is 6.70. The number of aliphatic carboxylic acids is 2. The van der Waals surface area contributed by atoms with Crippen LogP contribution in [0, 0.1) is 0 Å². The van der Waals surface area contributed by atoms with Crippen molar-refractivity contribution in [3.8, 4) is 0 Å². The smallest absolute Gasteiger partial charge is 0.316 e. The zero-order chi connectivity index (χ0) is 11.1. The highest BCUT2D eigenvalue weighted by atomic mass is 32.2. The summed E-state index contributed by atoms with van der Waals surface area (Å²) in [6, 6.07) is 0. The maximum atomic E-state index is 10.7. The van der Waals surface area contributed by atoms with Crippen LogP contribution < -0.4 is 0 Å². The van der Waals surface area contributed by atoms with Crippen LogP contribution in [0.15, 0.2) is 0 Å². The maximum Gasteiger partial charge on any atom is 0.316 e. The van der Waals surface area contributed by atoms with E-state index in [1.54, 1.807) is 6.92 Å². The number of hydrogen-bond acceptors (Lipinski definition) is 3. The Labute approximate surface area is 87.7 Å². The fourth-order valence-corrected chi connectivity index (χ4v) is 2.37. The van der Waals surface area contributed by atoms with Crippen molar-refractivity contribution < 1.29 is 19.8 Å². The second-order valence-electron chi connectivity index (χ2n) is 3.16. The van der Waals surface area contributed by atoms with Gasteiger partial charge in [0.25, 0.3) is 0 Å². The molecule has 0 aliphatic heterocycles. The molecule has 0 heterocycles. The first-order valence-corrected chi connectivity index (χ1v) is 5.51. The van der Waals surface area contributed by atoms with E-state index >= 15 is 0 Å². The molecule has 2 N–H and O–H groups in total. The van der Waals surface area contributed by atoms with Gasteiger partial charge < -0.3 is 10.2 Å². The van der Waals surface area contributed by atoms with Crippen LogP contribution >= 0.6 is 11.8 Å². The topological polar surface area (TPSA) is 74.6 Å². The Balaban J connectivity index is 4.01. The molecule has 0 radical (unpaired) electrons. The lowest BCUT2D eigenvalue weighted by Crippen LogP contribution is -2.20. The lowest BCUT2D eigenvalue weighted by atomic mass is 10.2. The van der Waals surface area contributed by atoms with Gasteiger partial charge in [-0.05, 0) is 6.42 Å². The molecule has 2 atom stereocenters. The lowest BCUT2D eigenvalue weighted by molar-refractivity contribution is -0.138. The molecule has 0 saturated carbocycles. The third-order valence-electron chi connectivity index (χ3n) is 1.68. The van der Waals surface area contributed by atoms with Gasteiger partial charge >= 0.3 is 11.9 Å². The standard InChI is InChI=1S/C9H16O4S/c1-3-4-7(9(12)13)14-6(2)5-8(10)11/h6-7H,3-5H2,1-2H3,(H,10,11)(H,12,13). The van der Waals surface area contributed by atoms with Gasteiger partial charge in [-0.3, -0.25) is 9.59 Å². The molecule has 0 amide bonds. The second-order valence-corrected chi connectivity index (χ2v) is 4.81. The van der Waals surface area contributed by atoms with Gasteiger partial charge in [-0.2, -0.15) is 0 Å². The highest BCUT2D eigenvalue weighted by molar-refractivity contribution is 8.01. The summed E-state index contributed by atoms with van der Waals surface area (Å²) in [4.78, 5) is 21.1. The quantitative estimate of drug-likeness (QED) is 0.684. The van der Waals surface area contributed by atoms with Crippen molar-refractivity contribution in [2.75, 3.05) is 0 Å². The highest BCUT2D eigenvalue weighted by Crippen LogP contribution is 2.23. The Hall–Kier alpha value is -0.710. The van der Waals surface area contributed by atoms with Gasteiger partial charge in [-0.25, -0.2) is 0 Å². The number of thioether (sulfide) groups is 1. The minimum Gasteiger partial charge on any atom is -0.481 e. The number of carboxylic acid groups (broad SMARTS) is 2. The van der Waals surface area contributed by atoms with Crippen molar-refractivity contribution in [3.05, 3.63) is 0 Å². The van der Waals surface area contributed by atoms with Gasteiger partial charge in [-0.1, -0.05) is 20.3 Å². The highest BCUT2D eigenvalue weighted by Gasteiger charge is 2.21. The molecular weight excluding hydrogens is 204 g/mol. The first-order chi connectivity index (χ1) is 6.47. The van der Waals surface area contributed by atoms with Crippen LogP contribution in [-0.2, 0) is 9.59 Å². The van der Waals surface area contributed by atoms with E-state index in [9.17, 15) is 9.59 Å². The molecule has 0 fully saturated rings. The molecule has 0 aliphatic rings. The number of hydrogen-bond donors (Lipinski definition) is 2. The van der Waals surface area contributed by atoms with E-state index in [2.05, 4.69) is 0 Å². The van der Waals surface area contributed by atoms with Gasteiger partial charge in [0, 0.05) is 5.25 Å². The average molecular weight is 220 g/mol. The monoisotopic (exact) mass is 220 g/mol. The van der Waals surface area contributed by atoms with Crippen molar-refractivity contribution >= 4 is 23.7 Å². The Morgan fingerprint density at radius 2 is 1.93 bits per heavy atom. The van der Waals surface area contributed by atoms with Crippen LogP contribution in [0.25, 0.3) is 0 Å². The molecule has 0 aromatic heterocycles. The molecule has 0 aliphatic carbocycles. The Kier molecular flexibility index (Phi) is 6.36. The zero-order valence-electron chi connectivity index (χ0n) is 8.40. The molecule has 82 valence electrons. The van der Waals surface area contributed by atoms with Gasteiger partial charge in [0.15, 0.2) is 0 Å². The van der Waals surface area contributed by atoms with Crippen LogP contribution in [0.5, 0.6) is 0 Å². The van der Waals surface area contributed by atoms with Crippen LogP contribution in [0.4, 0.5) is 0 Å². The first kappa shape index (κ1) is 13.3. The Morgan fingerprint density at radius 1 is 1.36 bits per heavy atom. The maximum absolute atomic E-state index is 10.7. The number of rotatable bonds is 7. The normalized spacial score (nSPS) is 14.7. The fourth-order valence-electron chi connectivity index (χ4n) is 1.09. The van der Waals surface area contributed by atoms with Crippen LogP contribution in [0.3, 0.4) is 0 Å². The molecule has 0 aromatic carbocycles. The molecular formula is C9H16O4S. The van der Waals surface area contributed by atoms with Crippen LogP contribution in [0.1, 0.15) is 33.1 Å². The van der Waals surface area contributed by atoms with Crippen molar-refractivity contribution in [2.24, 2.45) is 0 Å². The van der Waals surface area contributed by atoms with E-state index in [0.717, 1.165) is 6.42 Å². The van der Waals surface area contributed by atoms with Gasteiger partial charge in [0.05, 0.1) is 6.42 Å².